The maximum atomic E-state index is 12.9. The Morgan fingerprint density at radius 3 is 2.48 bits per heavy atom. The number of tetrazole rings is 1. The van der Waals surface area contributed by atoms with Gasteiger partial charge in [-0.3, -0.25) is 9.80 Å². The molecule has 2 atom stereocenters. The zero-order valence-electron chi connectivity index (χ0n) is 14.4. The lowest BCUT2D eigenvalue weighted by molar-refractivity contribution is -0.137. The molecular formula is C16H21F3N6. The van der Waals surface area contributed by atoms with Crippen molar-refractivity contribution < 1.29 is 13.2 Å². The Kier molecular flexibility index (Phi) is 4.79. The highest BCUT2D eigenvalue weighted by atomic mass is 19.4. The molecule has 0 amide bonds. The van der Waals surface area contributed by atoms with Crippen molar-refractivity contribution >= 4 is 0 Å². The molecule has 2 heterocycles. The molecule has 2 aromatic rings. The van der Waals surface area contributed by atoms with Crippen LogP contribution in [-0.2, 0) is 12.7 Å². The third-order valence-electron chi connectivity index (χ3n) is 4.75. The van der Waals surface area contributed by atoms with E-state index in [0.717, 1.165) is 25.2 Å². The second-order valence-electron chi connectivity index (χ2n) is 6.61. The number of aromatic nitrogens is 4. The number of benzene rings is 1. The molecule has 1 fully saturated rings. The molecule has 0 aliphatic carbocycles. The highest BCUT2D eigenvalue weighted by Crippen LogP contribution is 2.30. The molecule has 1 aliphatic rings. The summed E-state index contributed by atoms with van der Waals surface area (Å²) in [5, 5.41) is 11.5. The number of halogens is 3. The first-order valence-corrected chi connectivity index (χ1v) is 8.15. The Bertz CT molecular complexity index is 717. The monoisotopic (exact) mass is 354 g/mol. The van der Waals surface area contributed by atoms with Crippen LogP contribution in [0.2, 0.25) is 0 Å². The van der Waals surface area contributed by atoms with Crippen molar-refractivity contribution in [3.63, 3.8) is 0 Å². The fraction of sp³-hybridized carbons (Fsp3) is 0.562. The molecule has 2 unspecified atom stereocenters. The van der Waals surface area contributed by atoms with Crippen molar-refractivity contribution in [2.75, 3.05) is 20.1 Å². The number of piperazine rings is 1. The first-order valence-electron chi connectivity index (χ1n) is 8.15. The van der Waals surface area contributed by atoms with Gasteiger partial charge in [-0.2, -0.15) is 17.9 Å². The van der Waals surface area contributed by atoms with Crippen molar-refractivity contribution in [3.8, 4) is 5.69 Å². The minimum atomic E-state index is -4.40. The summed E-state index contributed by atoms with van der Waals surface area (Å²) in [5.74, 6) is 0.531. The van der Waals surface area contributed by atoms with Crippen LogP contribution in [0.1, 0.15) is 25.2 Å². The van der Waals surface area contributed by atoms with Crippen LogP contribution in [-0.4, -0.2) is 62.2 Å². The number of rotatable bonds is 3. The van der Waals surface area contributed by atoms with Crippen molar-refractivity contribution in [2.45, 2.75) is 38.7 Å². The summed E-state index contributed by atoms with van der Waals surface area (Å²) in [6.07, 6.45) is -4.40. The first-order chi connectivity index (χ1) is 11.8. The maximum Gasteiger partial charge on any atom is 0.416 e. The van der Waals surface area contributed by atoms with Crippen molar-refractivity contribution in [2.24, 2.45) is 0 Å². The van der Waals surface area contributed by atoms with Gasteiger partial charge in [0.25, 0.3) is 0 Å². The molecule has 136 valence electrons. The number of hydrogen-bond acceptors (Lipinski definition) is 5. The van der Waals surface area contributed by atoms with E-state index in [1.54, 1.807) is 6.07 Å². The molecule has 0 bridgehead atoms. The molecule has 1 aromatic heterocycles. The van der Waals surface area contributed by atoms with Gasteiger partial charge in [0.05, 0.1) is 17.8 Å². The lowest BCUT2D eigenvalue weighted by Gasteiger charge is -2.42. The van der Waals surface area contributed by atoms with E-state index in [-0.39, 0.29) is 0 Å². The van der Waals surface area contributed by atoms with Gasteiger partial charge in [0, 0.05) is 25.2 Å². The van der Waals surface area contributed by atoms with Gasteiger partial charge < -0.3 is 0 Å². The predicted molar refractivity (Wildman–Crippen MR) is 86.1 cm³/mol. The zero-order chi connectivity index (χ0) is 18.2. The average molecular weight is 354 g/mol. The molecule has 0 saturated carbocycles. The highest BCUT2D eigenvalue weighted by molar-refractivity contribution is 5.36. The van der Waals surface area contributed by atoms with Gasteiger partial charge in [0.2, 0.25) is 0 Å². The zero-order valence-corrected chi connectivity index (χ0v) is 14.4. The summed E-state index contributed by atoms with van der Waals surface area (Å²) < 4.78 is 40.2. The standard InChI is InChI=1S/C16H21F3N6/c1-11-8-24(9-12(2)23(11)3)10-15-20-21-22-25(15)14-6-4-5-13(7-14)16(17,18)19/h4-7,11-12H,8-10H2,1-3H3. The summed E-state index contributed by atoms with van der Waals surface area (Å²) in [4.78, 5) is 4.54. The van der Waals surface area contributed by atoms with Gasteiger partial charge in [-0.15, -0.1) is 5.10 Å². The number of hydrogen-bond donors (Lipinski definition) is 0. The Morgan fingerprint density at radius 2 is 1.84 bits per heavy atom. The molecule has 3 rings (SSSR count). The van der Waals surface area contributed by atoms with Crippen molar-refractivity contribution in [3.05, 3.63) is 35.7 Å². The van der Waals surface area contributed by atoms with Crippen LogP contribution in [0, 0.1) is 0 Å². The smallest absolute Gasteiger partial charge is 0.298 e. The van der Waals surface area contributed by atoms with E-state index >= 15 is 0 Å². The molecule has 1 aliphatic heterocycles. The van der Waals surface area contributed by atoms with Crippen molar-refractivity contribution in [1.29, 1.82) is 0 Å². The number of nitrogens with zero attached hydrogens (tertiary/aromatic N) is 6. The summed E-state index contributed by atoms with van der Waals surface area (Å²) in [6.45, 7) is 6.51. The third kappa shape index (κ3) is 3.82. The lowest BCUT2D eigenvalue weighted by atomic mass is 10.1. The van der Waals surface area contributed by atoms with Crippen LogP contribution >= 0.6 is 0 Å². The normalized spacial score (nSPS) is 23.1. The van der Waals surface area contributed by atoms with Crippen LogP contribution in [0.5, 0.6) is 0 Å². The second kappa shape index (κ2) is 6.72. The van der Waals surface area contributed by atoms with E-state index < -0.39 is 11.7 Å². The van der Waals surface area contributed by atoms with Gasteiger partial charge >= 0.3 is 6.18 Å². The van der Waals surface area contributed by atoms with Gasteiger partial charge in [0.15, 0.2) is 5.82 Å². The van der Waals surface area contributed by atoms with E-state index in [9.17, 15) is 13.2 Å². The van der Waals surface area contributed by atoms with Crippen molar-refractivity contribution in [1.82, 2.24) is 30.0 Å². The largest absolute Gasteiger partial charge is 0.416 e. The van der Waals surface area contributed by atoms with E-state index in [0.29, 0.717) is 30.1 Å². The predicted octanol–water partition coefficient (Wildman–Crippen LogP) is 2.21. The Morgan fingerprint density at radius 1 is 1.16 bits per heavy atom. The molecule has 6 nitrogen and oxygen atoms in total. The fourth-order valence-electron chi connectivity index (χ4n) is 3.16. The minimum absolute atomic E-state index is 0.310. The highest BCUT2D eigenvalue weighted by Gasteiger charge is 2.31. The topological polar surface area (TPSA) is 50.1 Å². The molecular weight excluding hydrogens is 333 g/mol. The van der Waals surface area contributed by atoms with Crippen LogP contribution in [0.15, 0.2) is 24.3 Å². The summed E-state index contributed by atoms with van der Waals surface area (Å²) in [5.41, 5.74) is -0.404. The number of alkyl halides is 3. The molecule has 0 N–H and O–H groups in total. The van der Waals surface area contributed by atoms with Gasteiger partial charge in [-0.25, -0.2) is 0 Å². The van der Waals surface area contributed by atoms with Gasteiger partial charge in [-0.05, 0) is 49.5 Å². The lowest BCUT2D eigenvalue weighted by Crippen LogP contribution is -2.54. The molecule has 1 aromatic carbocycles. The Hall–Kier alpha value is -2.00. The molecule has 25 heavy (non-hydrogen) atoms. The second-order valence-corrected chi connectivity index (χ2v) is 6.61. The fourth-order valence-corrected chi connectivity index (χ4v) is 3.16. The molecule has 9 heteroatoms. The minimum Gasteiger partial charge on any atom is -0.298 e. The maximum absolute atomic E-state index is 12.9. The first kappa shape index (κ1) is 17.8. The number of likely N-dealkylation sites (N-methyl/N-ethyl adjacent to an activating group) is 1. The average Bonchev–Trinajstić information content (AvgIpc) is 3.00. The van der Waals surface area contributed by atoms with Crippen LogP contribution in [0.25, 0.3) is 5.69 Å². The van der Waals surface area contributed by atoms with E-state index in [2.05, 4.69) is 46.2 Å². The molecule has 0 radical (unpaired) electrons. The summed E-state index contributed by atoms with van der Waals surface area (Å²) >= 11 is 0. The summed E-state index contributed by atoms with van der Waals surface area (Å²) in [7, 11) is 2.10. The van der Waals surface area contributed by atoms with Crippen LogP contribution in [0.4, 0.5) is 13.2 Å². The van der Waals surface area contributed by atoms with E-state index in [1.807, 2.05) is 0 Å². The SMILES string of the molecule is CC1CN(Cc2nnnn2-c2cccc(C(F)(F)F)c2)CC(C)N1C. The summed E-state index contributed by atoms with van der Waals surface area (Å²) in [6, 6.07) is 5.82. The quantitative estimate of drug-likeness (QED) is 0.846. The van der Waals surface area contributed by atoms with Gasteiger partial charge in [-0.1, -0.05) is 6.07 Å². The van der Waals surface area contributed by atoms with E-state index in [1.165, 1.54) is 10.7 Å². The molecule has 1 saturated heterocycles. The van der Waals surface area contributed by atoms with Crippen LogP contribution < -0.4 is 0 Å². The van der Waals surface area contributed by atoms with Crippen LogP contribution in [0.3, 0.4) is 0 Å². The Labute approximate surface area is 144 Å². The third-order valence-corrected chi connectivity index (χ3v) is 4.75. The van der Waals surface area contributed by atoms with E-state index in [4.69, 9.17) is 0 Å². The van der Waals surface area contributed by atoms with Gasteiger partial charge in [0.1, 0.15) is 0 Å². The Balaban J connectivity index is 1.82. The molecule has 0 spiro atoms.